The molecule has 0 radical (unpaired) electrons. The van der Waals surface area contributed by atoms with Gasteiger partial charge in [-0.25, -0.2) is 0 Å². The van der Waals surface area contributed by atoms with Crippen LogP contribution in [0.1, 0.15) is 12.5 Å². The zero-order chi connectivity index (χ0) is 18.9. The van der Waals surface area contributed by atoms with E-state index in [1.807, 2.05) is 11.8 Å². The summed E-state index contributed by atoms with van der Waals surface area (Å²) in [6.07, 6.45) is 1.08. The van der Waals surface area contributed by atoms with E-state index < -0.39 is 0 Å². The SMILES string of the molecule is CCc1ccc(-c2ccc([S+]3c4ccccc4Sc4ccccc43)cc2)cc1. The Morgan fingerprint density at radius 1 is 0.607 bits per heavy atom. The van der Waals surface area contributed by atoms with Gasteiger partial charge in [-0.05, 0) is 71.6 Å². The van der Waals surface area contributed by atoms with E-state index in [0.717, 1.165) is 6.42 Å². The van der Waals surface area contributed by atoms with Crippen LogP contribution in [0.2, 0.25) is 0 Å². The predicted octanol–water partition coefficient (Wildman–Crippen LogP) is 7.48. The van der Waals surface area contributed by atoms with Crippen LogP contribution in [-0.2, 0) is 17.3 Å². The van der Waals surface area contributed by atoms with Crippen LogP contribution >= 0.6 is 11.8 Å². The fourth-order valence-electron chi connectivity index (χ4n) is 3.61. The van der Waals surface area contributed by atoms with E-state index in [1.165, 1.54) is 41.2 Å². The molecule has 0 atom stereocenters. The van der Waals surface area contributed by atoms with Crippen molar-refractivity contribution in [2.45, 2.75) is 37.8 Å². The molecule has 0 bridgehead atoms. The third-order valence-corrected chi connectivity index (χ3v) is 8.89. The van der Waals surface area contributed by atoms with Crippen molar-refractivity contribution in [3.05, 3.63) is 103 Å². The maximum Gasteiger partial charge on any atom is 0.180 e. The second-order valence-electron chi connectivity index (χ2n) is 6.88. The average molecular weight is 398 g/mol. The summed E-state index contributed by atoms with van der Waals surface area (Å²) in [6.45, 7) is 2.20. The topological polar surface area (TPSA) is 0 Å². The van der Waals surface area contributed by atoms with Gasteiger partial charge >= 0.3 is 0 Å². The van der Waals surface area contributed by atoms with Gasteiger partial charge in [-0.2, -0.15) is 0 Å². The first-order valence-corrected chi connectivity index (χ1v) is 11.7. The largest absolute Gasteiger partial charge is 0.180 e. The summed E-state index contributed by atoms with van der Waals surface area (Å²) in [5, 5.41) is 0. The minimum Gasteiger partial charge on any atom is -0.0795 e. The van der Waals surface area contributed by atoms with Gasteiger partial charge in [0.05, 0.1) is 9.79 Å². The molecule has 136 valence electrons. The molecule has 0 amide bonds. The van der Waals surface area contributed by atoms with Gasteiger partial charge in [-0.1, -0.05) is 67.2 Å². The molecule has 0 aliphatic carbocycles. The number of benzene rings is 4. The van der Waals surface area contributed by atoms with Crippen molar-refractivity contribution in [3.8, 4) is 11.1 Å². The first kappa shape index (κ1) is 17.7. The summed E-state index contributed by atoms with van der Waals surface area (Å²) >= 11 is 1.89. The van der Waals surface area contributed by atoms with E-state index in [0.29, 0.717) is 0 Å². The minimum absolute atomic E-state index is 0.0485. The Hall–Kier alpha value is -2.42. The molecule has 1 heterocycles. The average Bonchev–Trinajstić information content (AvgIpc) is 2.77. The van der Waals surface area contributed by atoms with Gasteiger partial charge in [0.25, 0.3) is 0 Å². The van der Waals surface area contributed by atoms with Crippen molar-refractivity contribution >= 4 is 22.7 Å². The highest BCUT2D eigenvalue weighted by Crippen LogP contribution is 2.48. The van der Waals surface area contributed by atoms with Crippen LogP contribution in [0.3, 0.4) is 0 Å². The van der Waals surface area contributed by atoms with Gasteiger partial charge in [-0.3, -0.25) is 0 Å². The lowest BCUT2D eigenvalue weighted by Crippen LogP contribution is -2.10. The van der Waals surface area contributed by atoms with Gasteiger partial charge in [0.1, 0.15) is 10.9 Å². The zero-order valence-electron chi connectivity index (χ0n) is 15.8. The van der Waals surface area contributed by atoms with Gasteiger partial charge in [0.2, 0.25) is 0 Å². The fourth-order valence-corrected chi connectivity index (χ4v) is 7.35. The maximum absolute atomic E-state index is 2.32. The smallest absolute Gasteiger partial charge is 0.0795 e. The van der Waals surface area contributed by atoms with Crippen LogP contribution in [-0.4, -0.2) is 0 Å². The number of aryl methyl sites for hydroxylation is 1. The van der Waals surface area contributed by atoms with Crippen molar-refractivity contribution in [3.63, 3.8) is 0 Å². The molecule has 1 aliphatic heterocycles. The van der Waals surface area contributed by atoms with E-state index in [1.54, 1.807) is 0 Å². The molecule has 1 aliphatic rings. The van der Waals surface area contributed by atoms with Crippen molar-refractivity contribution in [1.29, 1.82) is 0 Å². The number of hydrogen-bond donors (Lipinski definition) is 0. The van der Waals surface area contributed by atoms with Crippen molar-refractivity contribution < 1.29 is 0 Å². The van der Waals surface area contributed by atoms with Crippen molar-refractivity contribution in [2.75, 3.05) is 0 Å². The summed E-state index contributed by atoms with van der Waals surface area (Å²) in [5.74, 6) is 0. The number of rotatable bonds is 3. The van der Waals surface area contributed by atoms with E-state index in [2.05, 4.69) is 104 Å². The molecule has 0 spiro atoms. The van der Waals surface area contributed by atoms with Crippen LogP contribution in [0, 0.1) is 0 Å². The molecule has 5 rings (SSSR count). The van der Waals surface area contributed by atoms with Gasteiger partial charge in [0.15, 0.2) is 14.7 Å². The Morgan fingerprint density at radius 2 is 1.11 bits per heavy atom. The molecule has 4 aromatic carbocycles. The quantitative estimate of drug-likeness (QED) is 0.284. The highest BCUT2D eigenvalue weighted by atomic mass is 32.2. The van der Waals surface area contributed by atoms with Gasteiger partial charge in [-0.15, -0.1) is 0 Å². The molecular weight excluding hydrogens is 376 g/mol. The first-order chi connectivity index (χ1) is 13.8. The van der Waals surface area contributed by atoms with Crippen LogP contribution < -0.4 is 0 Å². The fraction of sp³-hybridized carbons (Fsp3) is 0.0769. The van der Waals surface area contributed by atoms with Crippen LogP contribution in [0.25, 0.3) is 11.1 Å². The van der Waals surface area contributed by atoms with E-state index in [-0.39, 0.29) is 10.9 Å². The van der Waals surface area contributed by atoms with Crippen LogP contribution in [0.4, 0.5) is 0 Å². The third-order valence-electron chi connectivity index (χ3n) is 5.14. The van der Waals surface area contributed by atoms with Gasteiger partial charge < -0.3 is 0 Å². The molecule has 4 aromatic rings. The standard InChI is InChI=1S/C26H21S2/c1-2-19-11-13-20(14-12-19)21-15-17-22(18-16-21)28-25-9-5-3-7-23(25)27-24-8-4-6-10-26(24)28/h3-18H,2H2,1H3/q+1. The predicted molar refractivity (Wildman–Crippen MR) is 120 cm³/mol. The Labute approximate surface area is 174 Å². The Balaban J connectivity index is 1.56. The van der Waals surface area contributed by atoms with E-state index in [9.17, 15) is 0 Å². The Morgan fingerprint density at radius 3 is 1.64 bits per heavy atom. The first-order valence-electron chi connectivity index (χ1n) is 9.63. The summed E-state index contributed by atoms with van der Waals surface area (Å²) < 4.78 is 0. The zero-order valence-corrected chi connectivity index (χ0v) is 17.4. The lowest BCUT2D eigenvalue weighted by molar-refractivity contribution is 1.12. The second-order valence-corrected chi connectivity index (χ2v) is 9.92. The van der Waals surface area contributed by atoms with Crippen molar-refractivity contribution in [1.82, 2.24) is 0 Å². The molecule has 0 aromatic heterocycles. The third kappa shape index (κ3) is 3.17. The van der Waals surface area contributed by atoms with Crippen LogP contribution in [0.15, 0.2) is 122 Å². The molecule has 2 heteroatoms. The number of hydrogen-bond acceptors (Lipinski definition) is 1. The number of fused-ring (bicyclic) bond motifs is 2. The molecular formula is C26H21S2+. The highest BCUT2D eigenvalue weighted by Gasteiger charge is 2.37. The molecule has 0 fully saturated rings. The summed E-state index contributed by atoms with van der Waals surface area (Å²) in [6, 6.07) is 35.8. The van der Waals surface area contributed by atoms with E-state index in [4.69, 9.17) is 0 Å². The van der Waals surface area contributed by atoms with Crippen LogP contribution in [0.5, 0.6) is 0 Å². The van der Waals surface area contributed by atoms with Gasteiger partial charge in [0, 0.05) is 0 Å². The normalized spacial score (nSPS) is 13.0. The molecule has 0 nitrogen and oxygen atoms in total. The highest BCUT2D eigenvalue weighted by molar-refractivity contribution is 8.04. The van der Waals surface area contributed by atoms with E-state index >= 15 is 0 Å². The Bertz CT molecular complexity index is 1070. The molecule has 28 heavy (non-hydrogen) atoms. The minimum atomic E-state index is -0.0485. The molecule has 0 N–H and O–H groups in total. The molecule has 0 saturated heterocycles. The molecule has 0 unspecified atom stereocenters. The lowest BCUT2D eigenvalue weighted by Gasteiger charge is -2.18. The Kier molecular flexibility index (Phi) is 4.76. The van der Waals surface area contributed by atoms with Crippen molar-refractivity contribution in [2.24, 2.45) is 0 Å². The molecule has 0 saturated carbocycles. The maximum atomic E-state index is 2.32. The summed E-state index contributed by atoms with van der Waals surface area (Å²) in [7, 11) is -0.0485. The summed E-state index contributed by atoms with van der Waals surface area (Å²) in [4.78, 5) is 7.01. The lowest BCUT2D eigenvalue weighted by atomic mass is 10.0. The second kappa shape index (κ2) is 7.54. The monoisotopic (exact) mass is 397 g/mol. The summed E-state index contributed by atoms with van der Waals surface area (Å²) in [5.41, 5.74) is 3.95.